The van der Waals surface area contributed by atoms with Crippen LogP contribution < -0.4 is 0 Å². The van der Waals surface area contributed by atoms with E-state index in [0.717, 1.165) is 6.42 Å². The third-order valence-electron chi connectivity index (χ3n) is 13.4. The smallest absolute Gasteiger partial charge is 0.331 e. The van der Waals surface area contributed by atoms with Crippen molar-refractivity contribution in [2.24, 2.45) is 28.8 Å². The van der Waals surface area contributed by atoms with Crippen LogP contribution in [-0.2, 0) is 61.9 Å². The Hall–Kier alpha value is -2.98. The molecule has 0 aliphatic carbocycles. The molecule has 4 heterocycles. The zero-order valence-electron chi connectivity index (χ0n) is 40.0. The zero-order chi connectivity index (χ0) is 47.0. The van der Waals surface area contributed by atoms with Gasteiger partial charge in [0.05, 0.1) is 61.5 Å². The molecular weight excluding hydrogens is 817 g/mol. The summed E-state index contributed by atoms with van der Waals surface area (Å²) in [5, 5.41) is 16.9. The van der Waals surface area contributed by atoms with Crippen molar-refractivity contribution in [2.45, 2.75) is 193 Å². The minimum Gasteiger partial charge on any atom is -0.459 e. The molecule has 17 atom stereocenters. The number of carbonyl (C=O) groups excluding carboxylic acids is 3. The van der Waals surface area contributed by atoms with Gasteiger partial charge in [-0.2, -0.15) is 0 Å². The van der Waals surface area contributed by atoms with E-state index < -0.39 is 108 Å². The number of nitrogens with zero attached hydrogens (tertiary/aromatic N) is 2. The molecule has 4 aliphatic rings. The molecule has 16 heteroatoms. The Morgan fingerprint density at radius 3 is 2.25 bits per heavy atom. The van der Waals surface area contributed by atoms with Gasteiger partial charge in [0.1, 0.15) is 17.3 Å². The first-order chi connectivity index (χ1) is 29.6. The van der Waals surface area contributed by atoms with Crippen LogP contribution in [-0.4, -0.2) is 146 Å². The molecule has 0 aromatic heterocycles. The molecule has 358 valence electrons. The largest absolute Gasteiger partial charge is 0.459 e. The average Bonchev–Trinajstić information content (AvgIpc) is 3.23. The molecule has 0 saturated carbocycles. The Morgan fingerprint density at radius 1 is 0.968 bits per heavy atom. The number of carbonyl (C=O) groups is 3. The summed E-state index contributed by atoms with van der Waals surface area (Å²) in [7, 11) is 3.59. The Kier molecular flexibility index (Phi) is 19.2. The monoisotopic (exact) mass is 893 g/mol. The quantitative estimate of drug-likeness (QED) is 0.0921. The number of esters is 2. The third-order valence-corrected chi connectivity index (χ3v) is 13.4. The van der Waals surface area contributed by atoms with Crippen molar-refractivity contribution in [1.82, 2.24) is 4.90 Å². The summed E-state index contributed by atoms with van der Waals surface area (Å²) in [6.45, 7) is 24.1. The van der Waals surface area contributed by atoms with Gasteiger partial charge in [-0.15, -0.1) is 12.3 Å². The number of hydrogen-bond acceptors (Lipinski definition) is 16. The van der Waals surface area contributed by atoms with Gasteiger partial charge in [0.15, 0.2) is 18.7 Å². The minimum atomic E-state index is -1.78. The Balaban J connectivity index is 1.93. The highest BCUT2D eigenvalue weighted by molar-refractivity contribution is 5.89. The second-order valence-electron chi connectivity index (χ2n) is 18.7. The van der Waals surface area contributed by atoms with Crippen LogP contribution in [0.2, 0.25) is 0 Å². The maximum atomic E-state index is 14.7. The summed E-state index contributed by atoms with van der Waals surface area (Å²) in [4.78, 5) is 46.7. The van der Waals surface area contributed by atoms with Crippen molar-refractivity contribution in [1.29, 1.82) is 0 Å². The number of aliphatic hydroxyl groups is 1. The maximum absolute atomic E-state index is 14.7. The van der Waals surface area contributed by atoms with E-state index in [1.807, 2.05) is 48.6 Å². The molecule has 4 aliphatic heterocycles. The average molecular weight is 893 g/mol. The van der Waals surface area contributed by atoms with Gasteiger partial charge in [-0.25, -0.2) is 4.79 Å². The molecule has 63 heavy (non-hydrogen) atoms. The molecule has 4 saturated heterocycles. The second-order valence-corrected chi connectivity index (χ2v) is 18.7. The molecule has 4 fully saturated rings. The van der Waals surface area contributed by atoms with Crippen LogP contribution in [0.5, 0.6) is 0 Å². The van der Waals surface area contributed by atoms with Crippen LogP contribution in [0, 0.1) is 36.0 Å². The van der Waals surface area contributed by atoms with Crippen LogP contribution in [0.3, 0.4) is 0 Å². The molecule has 0 amide bonds. The first kappa shape index (κ1) is 52.6. The molecule has 1 N–H and O–H groups in total. The molecule has 0 spiro atoms. The SMILES string of the molecule is C#CCCN(C)C1CC(C)OC(O[C@H]2C3C[C@@H](C)/C(=N\OC(C)=O)C(C)C(OCC(=C)CO3)C(C)(O)[C@@H](CC)OC(=O)C(C)C(O[C@H]3C[C@@](C)(OC)[C@@H](OC(C)=O)C(C)O3)[C@@H]2C)C1. The van der Waals surface area contributed by atoms with Crippen molar-refractivity contribution in [3.63, 3.8) is 0 Å². The lowest BCUT2D eigenvalue weighted by molar-refractivity contribution is -0.307. The van der Waals surface area contributed by atoms with E-state index in [4.69, 9.17) is 53.9 Å². The fraction of sp³-hybridized carbons (Fsp3) is 0.830. The molecule has 10 unspecified atom stereocenters. The van der Waals surface area contributed by atoms with Gasteiger partial charge in [0.25, 0.3) is 0 Å². The maximum Gasteiger partial charge on any atom is 0.331 e. The van der Waals surface area contributed by atoms with Crippen molar-refractivity contribution in [3.05, 3.63) is 12.2 Å². The molecule has 0 radical (unpaired) electrons. The minimum absolute atomic E-state index is 0.000565. The highest BCUT2D eigenvalue weighted by Crippen LogP contribution is 2.41. The molecule has 16 nitrogen and oxygen atoms in total. The first-order valence-corrected chi connectivity index (χ1v) is 22.6. The van der Waals surface area contributed by atoms with Crippen LogP contribution in [0.15, 0.2) is 17.3 Å². The van der Waals surface area contributed by atoms with Crippen LogP contribution in [0.4, 0.5) is 0 Å². The highest BCUT2D eigenvalue weighted by Gasteiger charge is 2.53. The van der Waals surface area contributed by atoms with Crippen LogP contribution >= 0.6 is 0 Å². The Morgan fingerprint density at radius 2 is 1.63 bits per heavy atom. The summed E-state index contributed by atoms with van der Waals surface area (Å²) < 4.78 is 58.5. The van der Waals surface area contributed by atoms with Gasteiger partial charge in [-0.3, -0.25) is 9.59 Å². The van der Waals surface area contributed by atoms with Crippen molar-refractivity contribution in [3.8, 4) is 12.3 Å². The van der Waals surface area contributed by atoms with Crippen LogP contribution in [0.25, 0.3) is 0 Å². The van der Waals surface area contributed by atoms with Gasteiger partial charge >= 0.3 is 17.9 Å². The summed E-state index contributed by atoms with van der Waals surface area (Å²) in [5.41, 5.74) is -1.76. The van der Waals surface area contributed by atoms with E-state index >= 15 is 0 Å². The number of terminal acetylenes is 1. The van der Waals surface area contributed by atoms with Gasteiger partial charge in [0.2, 0.25) is 0 Å². The number of fused-ring (bicyclic) bond motifs is 5. The molecule has 4 rings (SSSR count). The number of ether oxygens (including phenoxy) is 9. The summed E-state index contributed by atoms with van der Waals surface area (Å²) in [5.74, 6) is -1.67. The summed E-state index contributed by atoms with van der Waals surface area (Å²) >= 11 is 0. The Bertz CT molecular complexity index is 1630. The van der Waals surface area contributed by atoms with Gasteiger partial charge in [0, 0.05) is 70.6 Å². The van der Waals surface area contributed by atoms with Gasteiger partial charge < -0.3 is 57.5 Å². The molecule has 0 aromatic carbocycles. The second kappa shape index (κ2) is 23.0. The fourth-order valence-corrected chi connectivity index (χ4v) is 9.84. The number of cyclic esters (lactones) is 1. The number of rotatable bonds is 11. The predicted molar refractivity (Wildman–Crippen MR) is 233 cm³/mol. The molecular formula is C47H76N2O14. The lowest BCUT2D eigenvalue weighted by Crippen LogP contribution is -2.59. The van der Waals surface area contributed by atoms with Crippen molar-refractivity contribution in [2.75, 3.05) is 33.9 Å². The first-order valence-electron chi connectivity index (χ1n) is 22.6. The van der Waals surface area contributed by atoms with Crippen molar-refractivity contribution >= 4 is 23.6 Å². The van der Waals surface area contributed by atoms with E-state index in [2.05, 4.69) is 22.6 Å². The third kappa shape index (κ3) is 13.3. The lowest BCUT2D eigenvalue weighted by Gasteiger charge is -2.48. The van der Waals surface area contributed by atoms with Crippen LogP contribution in [0.1, 0.15) is 115 Å². The molecule has 2 bridgehead atoms. The summed E-state index contributed by atoms with van der Waals surface area (Å²) in [6, 6.07) is 0.0965. The Labute approximate surface area is 375 Å². The predicted octanol–water partition coefficient (Wildman–Crippen LogP) is 5.36. The zero-order valence-corrected chi connectivity index (χ0v) is 40.0. The van der Waals surface area contributed by atoms with E-state index in [0.29, 0.717) is 37.1 Å². The number of hydrogen-bond donors (Lipinski definition) is 1. The topological polar surface area (TPSA) is 179 Å². The summed E-state index contributed by atoms with van der Waals surface area (Å²) in [6.07, 6.45) is 0.439. The van der Waals surface area contributed by atoms with E-state index in [1.54, 1.807) is 27.9 Å². The standard InChI is InChI=1S/C47H76N2O14/c1-16-18-19-49(14)35-21-28(5)57-38(22-35)61-42-30(7)41(62-39-23-46(12,54-15)44(32(9)58-39)59-33(10)50)31(8)45(52)60-37(17-2)47(13,53)43-29(6)40(48-63-34(11)51)27(4)20-36(42)55-24-26(3)25-56-43/h1,27-32,35-39,41-44,53H,3,17-25H2,2,4-15H3/b48-40+/t27-,28?,29?,30+,31?,32?,35?,36?,37-,38?,39+,41?,42-,43?,44+,46-,47?/m1/s1. The van der Waals surface area contributed by atoms with E-state index in [9.17, 15) is 19.5 Å². The van der Waals surface area contributed by atoms with Crippen molar-refractivity contribution < 1.29 is 67.0 Å². The van der Waals surface area contributed by atoms with E-state index in [1.165, 1.54) is 13.8 Å². The lowest BCUT2D eigenvalue weighted by atomic mass is 9.76. The highest BCUT2D eigenvalue weighted by atomic mass is 16.7. The molecule has 0 aromatic rings. The van der Waals surface area contributed by atoms with Gasteiger partial charge in [-0.1, -0.05) is 39.4 Å². The number of oxime groups is 1. The number of methoxy groups -OCH3 is 1. The fourth-order valence-electron chi connectivity index (χ4n) is 9.84. The normalized spacial score (nSPS) is 41.7. The van der Waals surface area contributed by atoms with E-state index in [-0.39, 0.29) is 38.2 Å². The van der Waals surface area contributed by atoms with Gasteiger partial charge in [-0.05, 0) is 66.5 Å².